The zero-order chi connectivity index (χ0) is 19.2. The van der Waals surface area contributed by atoms with Gasteiger partial charge in [0.15, 0.2) is 11.5 Å². The first-order valence-electron chi connectivity index (χ1n) is 8.84. The number of allylic oxidation sites excluding steroid dienone is 4. The maximum absolute atomic E-state index is 10.8. The van der Waals surface area contributed by atoms with E-state index in [4.69, 9.17) is 4.74 Å². The van der Waals surface area contributed by atoms with Crippen LogP contribution in [0.25, 0.3) is 0 Å². The molecule has 0 spiro atoms. The summed E-state index contributed by atoms with van der Waals surface area (Å²) in [6, 6.07) is 0. The first kappa shape index (κ1) is 21.1. The second-order valence-electron chi connectivity index (χ2n) is 6.98. The monoisotopic (exact) mass is 348 g/mol. The van der Waals surface area contributed by atoms with Gasteiger partial charge in [-0.15, -0.1) is 0 Å². The van der Waals surface area contributed by atoms with Crippen molar-refractivity contribution >= 4 is 0 Å². The lowest BCUT2D eigenvalue weighted by molar-refractivity contribution is 0.246. The molecule has 3 N–H and O–H groups in total. The molecule has 4 heteroatoms. The Morgan fingerprint density at radius 3 is 2.36 bits per heavy atom. The van der Waals surface area contributed by atoms with E-state index >= 15 is 0 Å². The van der Waals surface area contributed by atoms with E-state index in [1.807, 2.05) is 52.8 Å². The number of hydrogen-bond donors (Lipinski definition) is 3. The van der Waals surface area contributed by atoms with Crippen molar-refractivity contribution in [1.82, 2.24) is 0 Å². The Morgan fingerprint density at radius 2 is 1.84 bits per heavy atom. The van der Waals surface area contributed by atoms with Gasteiger partial charge in [0, 0.05) is 16.5 Å². The topological polar surface area (TPSA) is 69.9 Å². The Balaban J connectivity index is 3.53. The summed E-state index contributed by atoms with van der Waals surface area (Å²) in [5.74, 6) is 0.150. The molecule has 0 radical (unpaired) electrons. The quantitative estimate of drug-likeness (QED) is 0.356. The van der Waals surface area contributed by atoms with Gasteiger partial charge < -0.3 is 20.1 Å². The number of ether oxygens (including phenoxy) is 1. The molecule has 0 saturated heterocycles. The number of aliphatic hydroxyl groups excluding tert-OH is 1. The SMILES string of the molecule is C/C=C\C(C)=C\C(C)(C)c1c(C)c(O)c(OCCCC)c(CO)c1O. The molecule has 0 unspecified atom stereocenters. The molecule has 0 bridgehead atoms. The first-order chi connectivity index (χ1) is 11.7. The van der Waals surface area contributed by atoms with Crippen LogP contribution in [0.4, 0.5) is 0 Å². The summed E-state index contributed by atoms with van der Waals surface area (Å²) in [4.78, 5) is 0. The average Bonchev–Trinajstić information content (AvgIpc) is 2.51. The van der Waals surface area contributed by atoms with Gasteiger partial charge in [-0.2, -0.15) is 0 Å². The van der Waals surface area contributed by atoms with Crippen LogP contribution in [-0.4, -0.2) is 21.9 Å². The van der Waals surface area contributed by atoms with Crippen LogP contribution in [0.5, 0.6) is 17.2 Å². The molecule has 0 amide bonds. The summed E-state index contributed by atoms with van der Waals surface area (Å²) in [7, 11) is 0. The number of phenolic OH excluding ortho intramolecular Hbond substituents is 1. The second-order valence-corrected chi connectivity index (χ2v) is 6.98. The number of aliphatic hydroxyl groups is 1. The number of benzene rings is 1. The van der Waals surface area contributed by atoms with Gasteiger partial charge in [0.2, 0.25) is 0 Å². The Bertz CT molecular complexity index is 655. The molecule has 0 aliphatic carbocycles. The molecule has 1 aromatic rings. The molecule has 0 heterocycles. The number of aromatic hydroxyl groups is 2. The molecule has 140 valence electrons. The standard InChI is InChI=1S/C21H32O4/c1-7-9-11-25-20-16(13-22)19(24)17(15(4)18(20)23)21(5,6)12-14(3)10-8-2/h8,10,12,22-24H,7,9,11,13H2,1-6H3/b10-8-,14-12+. The predicted molar refractivity (Wildman–Crippen MR) is 102 cm³/mol. The lowest BCUT2D eigenvalue weighted by Crippen LogP contribution is -2.18. The number of phenols is 2. The number of rotatable bonds is 8. The molecule has 0 aliphatic heterocycles. The van der Waals surface area contributed by atoms with E-state index in [0.29, 0.717) is 17.7 Å². The minimum absolute atomic E-state index is 0.0150. The van der Waals surface area contributed by atoms with Crippen molar-refractivity contribution in [3.05, 3.63) is 40.5 Å². The van der Waals surface area contributed by atoms with E-state index in [-0.39, 0.29) is 22.8 Å². The highest BCUT2D eigenvalue weighted by Gasteiger charge is 2.30. The Kier molecular flexibility index (Phi) is 7.56. The third-order valence-electron chi connectivity index (χ3n) is 4.31. The molecule has 1 aromatic carbocycles. The van der Waals surface area contributed by atoms with Gasteiger partial charge in [-0.3, -0.25) is 0 Å². The largest absolute Gasteiger partial charge is 0.507 e. The van der Waals surface area contributed by atoms with Crippen LogP contribution < -0.4 is 4.74 Å². The van der Waals surface area contributed by atoms with Crippen LogP contribution in [0.1, 0.15) is 64.2 Å². The smallest absolute Gasteiger partial charge is 0.170 e. The Morgan fingerprint density at radius 1 is 1.20 bits per heavy atom. The van der Waals surface area contributed by atoms with Crippen molar-refractivity contribution in [2.75, 3.05) is 6.61 Å². The van der Waals surface area contributed by atoms with Crippen LogP contribution in [0.15, 0.2) is 23.8 Å². The zero-order valence-electron chi connectivity index (χ0n) is 16.3. The Hall–Kier alpha value is -1.94. The van der Waals surface area contributed by atoms with E-state index in [1.165, 1.54) is 0 Å². The molecular weight excluding hydrogens is 316 g/mol. The van der Waals surface area contributed by atoms with E-state index in [1.54, 1.807) is 6.92 Å². The lowest BCUT2D eigenvalue weighted by atomic mass is 9.78. The fourth-order valence-electron chi connectivity index (χ4n) is 3.23. The van der Waals surface area contributed by atoms with E-state index in [0.717, 1.165) is 18.4 Å². The predicted octanol–water partition coefficient (Wildman–Crippen LogP) is 4.88. The van der Waals surface area contributed by atoms with Crippen LogP contribution in [0, 0.1) is 6.92 Å². The normalized spacial score (nSPS) is 12.8. The maximum atomic E-state index is 10.8. The highest BCUT2D eigenvalue weighted by molar-refractivity contribution is 5.64. The van der Waals surface area contributed by atoms with Gasteiger partial charge in [0.1, 0.15) is 5.75 Å². The van der Waals surface area contributed by atoms with Crippen molar-refractivity contribution in [1.29, 1.82) is 0 Å². The van der Waals surface area contributed by atoms with Crippen LogP contribution >= 0.6 is 0 Å². The van der Waals surface area contributed by atoms with E-state index < -0.39 is 12.0 Å². The molecule has 0 aromatic heterocycles. The van der Waals surface area contributed by atoms with Crippen molar-refractivity contribution in [2.45, 2.75) is 66.4 Å². The van der Waals surface area contributed by atoms with Gasteiger partial charge in [0.25, 0.3) is 0 Å². The third kappa shape index (κ3) is 4.79. The molecule has 0 saturated carbocycles. The fraction of sp³-hybridized carbons (Fsp3) is 0.524. The van der Waals surface area contributed by atoms with Gasteiger partial charge in [-0.1, -0.05) is 51.0 Å². The highest BCUT2D eigenvalue weighted by atomic mass is 16.5. The molecule has 4 nitrogen and oxygen atoms in total. The fourth-order valence-corrected chi connectivity index (χ4v) is 3.23. The molecule has 0 atom stereocenters. The van der Waals surface area contributed by atoms with E-state index in [2.05, 4.69) is 0 Å². The average molecular weight is 348 g/mol. The third-order valence-corrected chi connectivity index (χ3v) is 4.31. The van der Waals surface area contributed by atoms with Gasteiger partial charge in [-0.05, 0) is 27.2 Å². The van der Waals surface area contributed by atoms with Crippen LogP contribution in [-0.2, 0) is 12.0 Å². The summed E-state index contributed by atoms with van der Waals surface area (Å²) in [6.07, 6.45) is 7.77. The molecule has 0 fully saturated rings. The number of unbranched alkanes of at least 4 members (excludes halogenated alkanes) is 1. The molecule has 0 aliphatic rings. The van der Waals surface area contributed by atoms with Gasteiger partial charge >= 0.3 is 0 Å². The molecular formula is C21H32O4. The summed E-state index contributed by atoms with van der Waals surface area (Å²) < 4.78 is 5.65. The minimum atomic E-state index is -0.527. The molecule has 1 rings (SSSR count). The van der Waals surface area contributed by atoms with Gasteiger partial charge in [0.05, 0.1) is 18.8 Å². The van der Waals surface area contributed by atoms with E-state index in [9.17, 15) is 15.3 Å². The van der Waals surface area contributed by atoms with Crippen molar-refractivity contribution < 1.29 is 20.1 Å². The zero-order valence-corrected chi connectivity index (χ0v) is 16.3. The van der Waals surface area contributed by atoms with Crippen molar-refractivity contribution in [3.63, 3.8) is 0 Å². The van der Waals surface area contributed by atoms with Crippen LogP contribution in [0.3, 0.4) is 0 Å². The van der Waals surface area contributed by atoms with Gasteiger partial charge in [-0.25, -0.2) is 0 Å². The van der Waals surface area contributed by atoms with Crippen LogP contribution in [0.2, 0.25) is 0 Å². The summed E-state index contributed by atoms with van der Waals surface area (Å²) >= 11 is 0. The van der Waals surface area contributed by atoms with Crippen molar-refractivity contribution in [2.24, 2.45) is 0 Å². The second kappa shape index (κ2) is 8.95. The molecule has 25 heavy (non-hydrogen) atoms. The maximum Gasteiger partial charge on any atom is 0.170 e. The summed E-state index contributed by atoms with van der Waals surface area (Å²) in [5.41, 5.74) is 1.93. The number of hydrogen-bond acceptors (Lipinski definition) is 4. The van der Waals surface area contributed by atoms with Crippen molar-refractivity contribution in [3.8, 4) is 17.2 Å². The summed E-state index contributed by atoms with van der Waals surface area (Å²) in [6.45, 7) is 11.7. The first-order valence-corrected chi connectivity index (χ1v) is 8.84. The summed E-state index contributed by atoms with van der Waals surface area (Å²) in [5, 5.41) is 31.2. The minimum Gasteiger partial charge on any atom is -0.507 e. The lowest BCUT2D eigenvalue weighted by Gasteiger charge is -2.28. The Labute approximate surface area is 151 Å². The highest BCUT2D eigenvalue weighted by Crippen LogP contribution is 2.47.